The molecular formula is C15H19ClO2. The van der Waals surface area contributed by atoms with E-state index in [2.05, 4.69) is 0 Å². The molecule has 2 nitrogen and oxygen atoms in total. The van der Waals surface area contributed by atoms with E-state index in [1.165, 1.54) is 26.4 Å². The van der Waals surface area contributed by atoms with Crippen LogP contribution < -0.4 is 0 Å². The van der Waals surface area contributed by atoms with Crippen LogP contribution in [-0.2, 0) is 9.53 Å². The summed E-state index contributed by atoms with van der Waals surface area (Å²) in [6, 6.07) is 7.61. The predicted molar refractivity (Wildman–Crippen MR) is 72.8 cm³/mol. The Morgan fingerprint density at radius 1 is 1.28 bits per heavy atom. The molecule has 3 heteroatoms. The van der Waals surface area contributed by atoms with E-state index in [0.717, 1.165) is 18.4 Å². The maximum atomic E-state index is 12.1. The van der Waals surface area contributed by atoms with E-state index in [4.69, 9.17) is 16.3 Å². The summed E-state index contributed by atoms with van der Waals surface area (Å²) < 4.78 is 4.98. The van der Waals surface area contributed by atoms with Gasteiger partial charge in [-0.05, 0) is 30.4 Å². The average molecular weight is 267 g/mol. The summed E-state index contributed by atoms with van der Waals surface area (Å²) in [7, 11) is 1.45. The molecule has 0 bridgehead atoms. The van der Waals surface area contributed by atoms with Gasteiger partial charge < -0.3 is 4.74 Å². The highest BCUT2D eigenvalue weighted by Crippen LogP contribution is 2.39. The number of hydrogen-bond acceptors (Lipinski definition) is 2. The van der Waals surface area contributed by atoms with Gasteiger partial charge in [-0.15, -0.1) is 0 Å². The Labute approximate surface area is 113 Å². The van der Waals surface area contributed by atoms with Crippen molar-refractivity contribution in [2.45, 2.75) is 38.0 Å². The smallest absolute Gasteiger partial charge is 0.313 e. The van der Waals surface area contributed by atoms with Gasteiger partial charge in [-0.25, -0.2) is 0 Å². The number of carbonyl (C=O) groups is 1. The summed E-state index contributed by atoms with van der Waals surface area (Å²) in [6.45, 7) is 0. The Kier molecular flexibility index (Phi) is 4.65. The molecule has 0 spiro atoms. The number of ether oxygens (including phenoxy) is 1. The van der Waals surface area contributed by atoms with Crippen LogP contribution in [0.15, 0.2) is 24.3 Å². The molecule has 2 rings (SSSR count). The first kappa shape index (κ1) is 13.4. The van der Waals surface area contributed by atoms with Crippen molar-refractivity contribution in [3.05, 3.63) is 34.9 Å². The van der Waals surface area contributed by atoms with E-state index < -0.39 is 0 Å². The van der Waals surface area contributed by atoms with Gasteiger partial charge in [0, 0.05) is 5.02 Å². The summed E-state index contributed by atoms with van der Waals surface area (Å²) in [5.41, 5.74) is 0.915. The van der Waals surface area contributed by atoms with Crippen LogP contribution in [0.4, 0.5) is 0 Å². The Morgan fingerprint density at radius 3 is 2.56 bits per heavy atom. The number of carbonyl (C=O) groups excluding carboxylic acids is 1. The molecule has 0 amide bonds. The molecule has 0 radical (unpaired) electrons. The topological polar surface area (TPSA) is 26.3 Å². The van der Waals surface area contributed by atoms with Gasteiger partial charge in [0.05, 0.1) is 13.0 Å². The molecule has 1 fully saturated rings. The summed E-state index contributed by atoms with van der Waals surface area (Å²) in [6.07, 6.45) is 5.84. The zero-order chi connectivity index (χ0) is 13.0. The molecule has 98 valence electrons. The van der Waals surface area contributed by atoms with Crippen molar-refractivity contribution in [3.8, 4) is 0 Å². The Hall–Kier alpha value is -1.02. The fourth-order valence-corrected chi connectivity index (χ4v) is 3.15. The predicted octanol–water partition coefficient (Wildman–Crippen LogP) is 4.18. The number of hydrogen-bond donors (Lipinski definition) is 0. The lowest BCUT2D eigenvalue weighted by Gasteiger charge is -2.29. The van der Waals surface area contributed by atoms with Crippen molar-refractivity contribution in [1.82, 2.24) is 0 Å². The van der Waals surface area contributed by atoms with Crippen molar-refractivity contribution in [3.63, 3.8) is 0 Å². The third kappa shape index (κ3) is 2.86. The largest absolute Gasteiger partial charge is 0.469 e. The fraction of sp³-hybridized carbons (Fsp3) is 0.533. The SMILES string of the molecule is COC(=O)[C@@H](c1ccccc1Cl)C1CCCCC1. The highest BCUT2D eigenvalue weighted by molar-refractivity contribution is 6.31. The minimum Gasteiger partial charge on any atom is -0.469 e. The summed E-state index contributed by atoms with van der Waals surface area (Å²) >= 11 is 6.23. The fourth-order valence-electron chi connectivity index (χ4n) is 2.90. The van der Waals surface area contributed by atoms with Gasteiger partial charge in [-0.2, -0.15) is 0 Å². The van der Waals surface area contributed by atoms with E-state index in [9.17, 15) is 4.79 Å². The third-order valence-electron chi connectivity index (χ3n) is 3.82. The Bertz CT molecular complexity index is 411. The van der Waals surface area contributed by atoms with E-state index in [-0.39, 0.29) is 11.9 Å². The lowest BCUT2D eigenvalue weighted by atomic mass is 9.77. The normalized spacial score (nSPS) is 18.3. The first-order valence-corrected chi connectivity index (χ1v) is 6.94. The molecule has 1 aliphatic rings. The van der Waals surface area contributed by atoms with Crippen molar-refractivity contribution in [1.29, 1.82) is 0 Å². The summed E-state index contributed by atoms with van der Waals surface area (Å²) in [5.74, 6) is 0.00472. The number of benzene rings is 1. The standard InChI is InChI=1S/C15H19ClO2/c1-18-15(17)14(11-7-3-2-4-8-11)12-9-5-6-10-13(12)16/h5-6,9-11,14H,2-4,7-8H2,1H3/t14-/m1/s1. The molecule has 1 aromatic carbocycles. The van der Waals surface area contributed by atoms with Crippen LogP contribution in [0.2, 0.25) is 5.02 Å². The summed E-state index contributed by atoms with van der Waals surface area (Å²) in [4.78, 5) is 12.1. The van der Waals surface area contributed by atoms with Gasteiger partial charge in [-0.3, -0.25) is 4.79 Å². The molecule has 1 saturated carbocycles. The number of esters is 1. The monoisotopic (exact) mass is 266 g/mol. The van der Waals surface area contributed by atoms with Crippen LogP contribution in [0, 0.1) is 5.92 Å². The lowest BCUT2D eigenvalue weighted by Crippen LogP contribution is -2.25. The highest BCUT2D eigenvalue weighted by atomic mass is 35.5. The minimum absolute atomic E-state index is 0.157. The van der Waals surface area contributed by atoms with Crippen LogP contribution in [0.25, 0.3) is 0 Å². The van der Waals surface area contributed by atoms with E-state index >= 15 is 0 Å². The van der Waals surface area contributed by atoms with Gasteiger partial charge in [-0.1, -0.05) is 49.1 Å². The maximum absolute atomic E-state index is 12.1. The van der Waals surface area contributed by atoms with Gasteiger partial charge in [0.1, 0.15) is 0 Å². The average Bonchev–Trinajstić information content (AvgIpc) is 2.42. The minimum atomic E-state index is -0.205. The molecule has 0 aromatic heterocycles. The van der Waals surface area contributed by atoms with E-state index in [1.807, 2.05) is 24.3 Å². The van der Waals surface area contributed by atoms with Gasteiger partial charge >= 0.3 is 5.97 Å². The molecular weight excluding hydrogens is 248 g/mol. The van der Waals surface area contributed by atoms with Crippen LogP contribution in [0.5, 0.6) is 0 Å². The molecule has 1 atom stereocenters. The Morgan fingerprint density at radius 2 is 1.94 bits per heavy atom. The van der Waals surface area contributed by atoms with Crippen molar-refractivity contribution in [2.24, 2.45) is 5.92 Å². The van der Waals surface area contributed by atoms with Gasteiger partial charge in [0.15, 0.2) is 0 Å². The second-order valence-electron chi connectivity index (χ2n) is 4.92. The van der Waals surface area contributed by atoms with Crippen LogP contribution in [0.1, 0.15) is 43.6 Å². The zero-order valence-electron chi connectivity index (χ0n) is 10.7. The number of methoxy groups -OCH3 is 1. The van der Waals surface area contributed by atoms with Gasteiger partial charge in [0.25, 0.3) is 0 Å². The summed E-state index contributed by atoms with van der Waals surface area (Å²) in [5, 5.41) is 0.665. The quantitative estimate of drug-likeness (QED) is 0.768. The van der Waals surface area contributed by atoms with Gasteiger partial charge in [0.2, 0.25) is 0 Å². The molecule has 0 heterocycles. The second-order valence-corrected chi connectivity index (χ2v) is 5.33. The molecule has 0 saturated heterocycles. The molecule has 1 aliphatic carbocycles. The molecule has 0 unspecified atom stereocenters. The lowest BCUT2D eigenvalue weighted by molar-refractivity contribution is -0.144. The number of halogens is 1. The van der Waals surface area contributed by atoms with Crippen molar-refractivity contribution < 1.29 is 9.53 Å². The highest BCUT2D eigenvalue weighted by Gasteiger charge is 2.32. The maximum Gasteiger partial charge on any atom is 0.313 e. The van der Waals surface area contributed by atoms with Crippen LogP contribution in [0.3, 0.4) is 0 Å². The van der Waals surface area contributed by atoms with Crippen LogP contribution in [-0.4, -0.2) is 13.1 Å². The van der Waals surface area contributed by atoms with Crippen molar-refractivity contribution in [2.75, 3.05) is 7.11 Å². The Balaban J connectivity index is 2.30. The zero-order valence-corrected chi connectivity index (χ0v) is 11.5. The first-order valence-electron chi connectivity index (χ1n) is 6.56. The number of rotatable bonds is 3. The second kappa shape index (κ2) is 6.24. The third-order valence-corrected chi connectivity index (χ3v) is 4.16. The molecule has 0 N–H and O–H groups in total. The van der Waals surface area contributed by atoms with E-state index in [0.29, 0.717) is 10.9 Å². The molecule has 1 aromatic rings. The molecule has 18 heavy (non-hydrogen) atoms. The molecule has 0 aliphatic heterocycles. The van der Waals surface area contributed by atoms with E-state index in [1.54, 1.807) is 0 Å². The van der Waals surface area contributed by atoms with Crippen molar-refractivity contribution >= 4 is 17.6 Å². The van der Waals surface area contributed by atoms with Crippen LogP contribution >= 0.6 is 11.6 Å². The first-order chi connectivity index (χ1) is 8.74.